The summed E-state index contributed by atoms with van der Waals surface area (Å²) in [6.07, 6.45) is 3.74. The number of aromatic nitrogens is 4. The first kappa shape index (κ1) is 13.9. The van der Waals surface area contributed by atoms with Gasteiger partial charge < -0.3 is 4.55 Å². The molecule has 0 saturated carbocycles. The molecule has 0 bridgehead atoms. The minimum atomic E-state index is -1.26. The van der Waals surface area contributed by atoms with Crippen LogP contribution in [0, 0.1) is 6.92 Å². The van der Waals surface area contributed by atoms with Gasteiger partial charge in [-0.15, -0.1) is 23.1 Å². The third kappa shape index (κ3) is 2.69. The van der Waals surface area contributed by atoms with Crippen LogP contribution in [0.3, 0.4) is 0 Å². The molecule has 1 N–H and O–H groups in total. The molecule has 20 heavy (non-hydrogen) atoms. The molecule has 0 spiro atoms. The van der Waals surface area contributed by atoms with Crippen LogP contribution in [0.15, 0.2) is 27.1 Å². The number of rotatable bonds is 4. The van der Waals surface area contributed by atoms with Crippen LogP contribution in [0.5, 0.6) is 0 Å². The van der Waals surface area contributed by atoms with Crippen LogP contribution in [0.25, 0.3) is 11.0 Å². The van der Waals surface area contributed by atoms with Crippen molar-refractivity contribution in [2.75, 3.05) is 6.26 Å². The van der Waals surface area contributed by atoms with Crippen molar-refractivity contribution in [1.82, 2.24) is 19.9 Å². The molecule has 3 heterocycles. The van der Waals surface area contributed by atoms with Crippen molar-refractivity contribution in [3.63, 3.8) is 0 Å². The summed E-state index contributed by atoms with van der Waals surface area (Å²) in [4.78, 5) is 16.1. The average molecular weight is 324 g/mol. The van der Waals surface area contributed by atoms with Crippen LogP contribution in [-0.2, 0) is 16.9 Å². The molecule has 0 amide bonds. The minimum absolute atomic E-state index is 0.271. The van der Waals surface area contributed by atoms with E-state index in [1.807, 2.05) is 23.9 Å². The lowest BCUT2D eigenvalue weighted by molar-refractivity contribution is 0.585. The van der Waals surface area contributed by atoms with Crippen LogP contribution < -0.4 is 0 Å². The highest BCUT2D eigenvalue weighted by atomic mass is 32.2. The second-order valence-corrected chi connectivity index (χ2v) is 7.09. The van der Waals surface area contributed by atoms with Gasteiger partial charge in [0.15, 0.2) is 11.6 Å². The fourth-order valence-corrected chi connectivity index (χ4v) is 3.95. The zero-order valence-electron chi connectivity index (χ0n) is 10.9. The first-order valence-corrected chi connectivity index (χ1v) is 9.33. The lowest BCUT2D eigenvalue weighted by atomic mass is 10.4. The van der Waals surface area contributed by atoms with Crippen molar-refractivity contribution < 1.29 is 4.55 Å². The summed E-state index contributed by atoms with van der Waals surface area (Å²) >= 11 is 1.88. The van der Waals surface area contributed by atoms with E-state index in [9.17, 15) is 4.55 Å². The van der Waals surface area contributed by atoms with E-state index in [0.29, 0.717) is 11.0 Å². The van der Waals surface area contributed by atoms with E-state index in [1.54, 1.807) is 29.3 Å². The second-order valence-electron chi connectivity index (χ2n) is 4.18. The van der Waals surface area contributed by atoms with Gasteiger partial charge in [0.1, 0.15) is 10.5 Å². The van der Waals surface area contributed by atoms with E-state index in [4.69, 9.17) is 0 Å². The highest BCUT2D eigenvalue weighted by molar-refractivity contribution is 7.98. The number of nitrogens with one attached hydrogen (secondary N) is 1. The highest BCUT2D eigenvalue weighted by Gasteiger charge is 2.19. The Hall–Kier alpha value is -1.09. The molecule has 0 aliphatic rings. The summed E-state index contributed by atoms with van der Waals surface area (Å²) in [5.74, 6) is 0.852. The SMILES string of the molecule is CSc1nc(C[S+]([O-])c2nc3cscc3[nH]2)ncc1C. The quantitative estimate of drug-likeness (QED) is 0.453. The molecule has 0 aliphatic carbocycles. The van der Waals surface area contributed by atoms with Gasteiger partial charge in [0.05, 0.1) is 5.52 Å². The standard InChI is InChI=1S/C12H12N4OS3/c1-7-3-13-10(16-11(7)18-2)6-20(17)12-14-8-4-19-5-9(8)15-12/h3-5H,6H2,1-2H3,(H,14,15). The van der Waals surface area contributed by atoms with E-state index in [-0.39, 0.29) is 5.75 Å². The highest BCUT2D eigenvalue weighted by Crippen LogP contribution is 2.21. The van der Waals surface area contributed by atoms with Crippen LogP contribution >= 0.6 is 23.1 Å². The van der Waals surface area contributed by atoms with Gasteiger partial charge in [-0.2, -0.15) is 4.98 Å². The van der Waals surface area contributed by atoms with E-state index in [1.165, 1.54) is 0 Å². The number of hydrogen-bond donors (Lipinski definition) is 1. The van der Waals surface area contributed by atoms with Crippen LogP contribution in [0.2, 0.25) is 0 Å². The Bertz CT molecular complexity index is 711. The number of H-pyrrole nitrogens is 1. The maximum atomic E-state index is 12.3. The van der Waals surface area contributed by atoms with Gasteiger partial charge in [0.25, 0.3) is 0 Å². The first-order valence-electron chi connectivity index (χ1n) is 5.84. The van der Waals surface area contributed by atoms with Gasteiger partial charge in [0.2, 0.25) is 0 Å². The maximum absolute atomic E-state index is 12.3. The zero-order valence-corrected chi connectivity index (χ0v) is 13.4. The summed E-state index contributed by atoms with van der Waals surface area (Å²) in [6.45, 7) is 1.97. The summed E-state index contributed by atoms with van der Waals surface area (Å²) < 4.78 is 12.3. The normalized spacial score (nSPS) is 12.9. The molecular weight excluding hydrogens is 312 g/mol. The molecule has 0 radical (unpaired) electrons. The summed E-state index contributed by atoms with van der Waals surface area (Å²) in [6, 6.07) is 0. The van der Waals surface area contributed by atoms with Crippen molar-refractivity contribution in [3.8, 4) is 0 Å². The van der Waals surface area contributed by atoms with E-state index in [0.717, 1.165) is 21.6 Å². The fraction of sp³-hybridized carbons (Fsp3) is 0.250. The second kappa shape index (κ2) is 5.72. The third-order valence-corrected chi connectivity index (χ3v) is 5.43. The number of thiophene rings is 1. The smallest absolute Gasteiger partial charge is 0.322 e. The fourth-order valence-electron chi connectivity index (χ4n) is 1.75. The predicted octanol–water partition coefficient (Wildman–Crippen LogP) is 2.75. The van der Waals surface area contributed by atoms with Gasteiger partial charge in [0, 0.05) is 28.1 Å². The van der Waals surface area contributed by atoms with Gasteiger partial charge in [-0.05, 0) is 18.7 Å². The number of aryl methyl sites for hydroxylation is 1. The molecular formula is C12H12N4OS3. The first-order chi connectivity index (χ1) is 9.67. The lowest BCUT2D eigenvalue weighted by Gasteiger charge is -2.07. The molecule has 0 saturated heterocycles. The van der Waals surface area contributed by atoms with E-state index >= 15 is 0 Å². The van der Waals surface area contributed by atoms with Crippen LogP contribution in [0.4, 0.5) is 0 Å². The van der Waals surface area contributed by atoms with E-state index < -0.39 is 11.2 Å². The lowest BCUT2D eigenvalue weighted by Crippen LogP contribution is -2.10. The Morgan fingerprint density at radius 1 is 1.40 bits per heavy atom. The van der Waals surface area contributed by atoms with Crippen molar-refractivity contribution in [3.05, 3.63) is 28.3 Å². The Kier molecular flexibility index (Phi) is 3.97. The van der Waals surface area contributed by atoms with Crippen molar-refractivity contribution in [2.45, 2.75) is 22.9 Å². The van der Waals surface area contributed by atoms with Gasteiger partial charge in [-0.3, -0.25) is 4.98 Å². The molecule has 0 aromatic carbocycles. The average Bonchev–Trinajstić information content (AvgIpc) is 3.01. The molecule has 1 unspecified atom stereocenters. The topological polar surface area (TPSA) is 77.5 Å². The molecule has 3 aromatic heterocycles. The summed E-state index contributed by atoms with van der Waals surface area (Å²) in [5.41, 5.74) is 2.81. The number of nitrogens with zero attached hydrogens (tertiary/aromatic N) is 3. The number of aromatic amines is 1. The van der Waals surface area contributed by atoms with Crippen molar-refractivity contribution in [2.24, 2.45) is 0 Å². The number of imidazole rings is 1. The Labute approximate surface area is 127 Å². The number of hydrogen-bond acceptors (Lipinski definition) is 6. The largest absolute Gasteiger partial charge is 0.609 e. The molecule has 104 valence electrons. The molecule has 0 fully saturated rings. The maximum Gasteiger partial charge on any atom is 0.322 e. The van der Waals surface area contributed by atoms with Gasteiger partial charge >= 0.3 is 5.16 Å². The Balaban J connectivity index is 1.81. The van der Waals surface area contributed by atoms with Crippen LogP contribution in [-0.4, -0.2) is 30.7 Å². The summed E-state index contributed by atoms with van der Waals surface area (Å²) in [5, 5.41) is 5.29. The van der Waals surface area contributed by atoms with Gasteiger partial charge in [-0.1, -0.05) is 0 Å². The van der Waals surface area contributed by atoms with Crippen molar-refractivity contribution in [1.29, 1.82) is 0 Å². The van der Waals surface area contributed by atoms with Crippen LogP contribution in [0.1, 0.15) is 11.4 Å². The zero-order chi connectivity index (χ0) is 14.1. The number of thioether (sulfide) groups is 1. The minimum Gasteiger partial charge on any atom is -0.609 e. The molecule has 3 rings (SSSR count). The Morgan fingerprint density at radius 2 is 2.25 bits per heavy atom. The molecule has 5 nitrogen and oxygen atoms in total. The molecule has 1 atom stereocenters. The monoisotopic (exact) mass is 324 g/mol. The summed E-state index contributed by atoms with van der Waals surface area (Å²) in [7, 11) is 0. The Morgan fingerprint density at radius 3 is 3.00 bits per heavy atom. The van der Waals surface area contributed by atoms with E-state index in [2.05, 4.69) is 19.9 Å². The third-order valence-electron chi connectivity index (χ3n) is 2.75. The van der Waals surface area contributed by atoms with Crippen molar-refractivity contribution >= 4 is 45.3 Å². The molecule has 8 heteroatoms. The predicted molar refractivity (Wildman–Crippen MR) is 82.6 cm³/mol. The van der Waals surface area contributed by atoms with Gasteiger partial charge in [-0.25, -0.2) is 9.97 Å². The number of fused-ring (bicyclic) bond motifs is 1. The molecule has 3 aromatic rings. The molecule has 0 aliphatic heterocycles.